The molecule has 0 saturated heterocycles. The number of hydrogen-bond donors (Lipinski definition) is 1. The minimum Gasteiger partial charge on any atom is -0.454 e. The van der Waals surface area contributed by atoms with E-state index in [1.54, 1.807) is 12.1 Å². The summed E-state index contributed by atoms with van der Waals surface area (Å²) in [5.41, 5.74) is 2.28. The highest BCUT2D eigenvalue weighted by molar-refractivity contribution is 5.94. The molecular formula is C27H27NO3. The van der Waals surface area contributed by atoms with Gasteiger partial charge in [-0.15, -0.1) is 0 Å². The van der Waals surface area contributed by atoms with Crippen LogP contribution in [0.5, 0.6) is 0 Å². The molecule has 0 radical (unpaired) electrons. The van der Waals surface area contributed by atoms with Crippen LogP contribution in [-0.4, -0.2) is 16.7 Å². The number of fused-ring (bicyclic) bond motifs is 2. The second kappa shape index (κ2) is 8.76. The molecule has 4 nitrogen and oxygen atoms in total. The maximum absolute atomic E-state index is 13.1. The number of esters is 1. The number of nitrogens with one attached hydrogen (secondary N) is 1. The molecule has 1 aromatic heterocycles. The number of carbonyl (C=O) groups is 2. The quantitative estimate of drug-likeness (QED) is 0.353. The molecule has 1 N–H and O–H groups in total. The van der Waals surface area contributed by atoms with Crippen molar-refractivity contribution in [2.75, 3.05) is 0 Å². The van der Waals surface area contributed by atoms with Crippen molar-refractivity contribution in [3.8, 4) is 0 Å². The minimum atomic E-state index is -0.515. The zero-order chi connectivity index (χ0) is 22.0. The van der Waals surface area contributed by atoms with Crippen LogP contribution >= 0.6 is 0 Å². The first-order valence-electron chi connectivity index (χ1n) is 10.7. The largest absolute Gasteiger partial charge is 0.454 e. The Kier molecular flexibility index (Phi) is 5.90. The van der Waals surface area contributed by atoms with E-state index >= 15 is 0 Å². The molecule has 0 bridgehead atoms. The fourth-order valence-electron chi connectivity index (χ4n) is 3.92. The molecule has 2 unspecified atom stereocenters. The van der Waals surface area contributed by atoms with Gasteiger partial charge in [0.2, 0.25) is 0 Å². The molecule has 4 aromatic rings. The highest BCUT2D eigenvalue weighted by atomic mass is 16.5. The number of rotatable bonds is 7. The average Bonchev–Trinajstić information content (AvgIpc) is 3.24. The molecule has 158 valence electrons. The van der Waals surface area contributed by atoms with Crippen molar-refractivity contribution in [3.05, 3.63) is 84.1 Å². The number of benzene rings is 3. The average molecular weight is 414 g/mol. The second-order valence-electron chi connectivity index (χ2n) is 8.51. The molecule has 3 aromatic carbocycles. The van der Waals surface area contributed by atoms with Crippen molar-refractivity contribution in [1.29, 1.82) is 0 Å². The summed E-state index contributed by atoms with van der Waals surface area (Å²) < 4.78 is 6.03. The summed E-state index contributed by atoms with van der Waals surface area (Å²) in [6, 6.07) is 21.6. The van der Waals surface area contributed by atoms with E-state index in [0.717, 1.165) is 27.2 Å². The fraction of sp³-hybridized carbons (Fsp3) is 0.259. The molecular weight excluding hydrogens is 386 g/mol. The van der Waals surface area contributed by atoms with E-state index in [9.17, 15) is 9.59 Å². The van der Waals surface area contributed by atoms with E-state index in [-0.39, 0.29) is 17.6 Å². The van der Waals surface area contributed by atoms with Gasteiger partial charge in [-0.2, -0.15) is 0 Å². The van der Waals surface area contributed by atoms with Crippen LogP contribution in [0.2, 0.25) is 0 Å². The van der Waals surface area contributed by atoms with Gasteiger partial charge in [0.05, 0.1) is 5.56 Å². The number of ketones is 1. The summed E-state index contributed by atoms with van der Waals surface area (Å²) in [6.45, 7) is 5.77. The summed E-state index contributed by atoms with van der Waals surface area (Å²) in [5, 5.41) is 3.24. The van der Waals surface area contributed by atoms with E-state index in [1.807, 2.05) is 69.4 Å². The lowest BCUT2D eigenvalue weighted by molar-refractivity contribution is -0.123. The van der Waals surface area contributed by atoms with E-state index in [4.69, 9.17) is 4.74 Å². The number of H-pyrrole nitrogens is 1. The molecule has 0 fully saturated rings. The van der Waals surface area contributed by atoms with Crippen molar-refractivity contribution in [2.45, 2.75) is 33.3 Å². The van der Waals surface area contributed by atoms with Gasteiger partial charge in [-0.1, -0.05) is 63.2 Å². The van der Waals surface area contributed by atoms with Crippen LogP contribution in [-0.2, 0) is 9.53 Å². The number of carbonyl (C=O) groups excluding carboxylic acids is 2. The number of aromatic amines is 1. The first-order chi connectivity index (χ1) is 14.9. The number of aromatic nitrogens is 1. The van der Waals surface area contributed by atoms with E-state index in [0.29, 0.717) is 12.0 Å². The number of Topliss-reactive ketones (excluding diaryl/α,β-unsaturated/α-hetero) is 1. The molecule has 0 amide bonds. The topological polar surface area (TPSA) is 59.2 Å². The van der Waals surface area contributed by atoms with Crippen LogP contribution in [0.25, 0.3) is 21.7 Å². The van der Waals surface area contributed by atoms with Gasteiger partial charge in [-0.25, -0.2) is 4.79 Å². The third-order valence-electron chi connectivity index (χ3n) is 5.81. The van der Waals surface area contributed by atoms with Gasteiger partial charge < -0.3 is 9.72 Å². The smallest absolute Gasteiger partial charge is 0.338 e. The number of hydrogen-bond acceptors (Lipinski definition) is 3. The zero-order valence-corrected chi connectivity index (χ0v) is 18.1. The third kappa shape index (κ3) is 4.53. The zero-order valence-electron chi connectivity index (χ0n) is 18.1. The second-order valence-corrected chi connectivity index (χ2v) is 8.51. The van der Waals surface area contributed by atoms with Crippen LogP contribution < -0.4 is 0 Å². The summed E-state index contributed by atoms with van der Waals surface area (Å²) in [4.78, 5) is 28.6. The summed E-state index contributed by atoms with van der Waals surface area (Å²) >= 11 is 0. The van der Waals surface area contributed by atoms with Crippen molar-refractivity contribution in [2.24, 2.45) is 11.8 Å². The van der Waals surface area contributed by atoms with Crippen molar-refractivity contribution in [1.82, 2.24) is 4.98 Å². The Hall–Kier alpha value is -3.40. The van der Waals surface area contributed by atoms with Crippen molar-refractivity contribution in [3.63, 3.8) is 0 Å². The molecule has 4 rings (SSSR count). The summed E-state index contributed by atoms with van der Waals surface area (Å²) in [5.74, 6) is -0.416. The Labute approximate surface area is 182 Å². The van der Waals surface area contributed by atoms with Crippen LogP contribution in [0, 0.1) is 11.8 Å². The Bertz CT molecular complexity index is 1240. The molecule has 0 saturated carbocycles. The highest BCUT2D eigenvalue weighted by Crippen LogP contribution is 2.32. The normalized spacial score (nSPS) is 13.4. The highest BCUT2D eigenvalue weighted by Gasteiger charge is 2.27. The lowest BCUT2D eigenvalue weighted by Gasteiger charge is -2.25. The predicted octanol–water partition coefficient (Wildman–Crippen LogP) is 6.47. The maximum atomic E-state index is 13.1. The summed E-state index contributed by atoms with van der Waals surface area (Å²) in [7, 11) is 0. The van der Waals surface area contributed by atoms with Gasteiger partial charge in [-0.3, -0.25) is 4.79 Å². The van der Waals surface area contributed by atoms with Crippen LogP contribution in [0.3, 0.4) is 0 Å². The first kappa shape index (κ1) is 20.9. The summed E-state index contributed by atoms with van der Waals surface area (Å²) in [6.07, 6.45) is 1.69. The van der Waals surface area contributed by atoms with Gasteiger partial charge in [-0.05, 0) is 46.0 Å². The van der Waals surface area contributed by atoms with Gasteiger partial charge in [0.25, 0.3) is 0 Å². The lowest BCUT2D eigenvalue weighted by Crippen LogP contribution is -2.22. The SMILES string of the molecule is CC(C)C(=O)CC(C)C(OC(=O)c1ccc2cc[nH]c2c1)c1ccc2ccccc2c1. The minimum absolute atomic E-state index is 0.0503. The predicted molar refractivity (Wildman–Crippen MR) is 124 cm³/mol. The molecule has 0 aliphatic heterocycles. The van der Waals surface area contributed by atoms with E-state index < -0.39 is 12.1 Å². The number of ether oxygens (including phenoxy) is 1. The van der Waals surface area contributed by atoms with Crippen LogP contribution in [0.1, 0.15) is 49.2 Å². The Balaban J connectivity index is 1.66. The van der Waals surface area contributed by atoms with Gasteiger partial charge >= 0.3 is 5.97 Å². The molecule has 0 aliphatic rings. The van der Waals surface area contributed by atoms with Crippen molar-refractivity contribution < 1.29 is 14.3 Å². The monoisotopic (exact) mass is 413 g/mol. The van der Waals surface area contributed by atoms with Gasteiger partial charge in [0.15, 0.2) is 0 Å². The lowest BCUT2D eigenvalue weighted by atomic mass is 9.89. The van der Waals surface area contributed by atoms with E-state index in [1.165, 1.54) is 0 Å². The molecule has 0 spiro atoms. The third-order valence-corrected chi connectivity index (χ3v) is 5.81. The molecule has 4 heteroatoms. The van der Waals surface area contributed by atoms with Gasteiger partial charge in [0, 0.05) is 30.0 Å². The van der Waals surface area contributed by atoms with Crippen LogP contribution in [0.4, 0.5) is 0 Å². The molecule has 0 aliphatic carbocycles. The fourth-order valence-corrected chi connectivity index (χ4v) is 3.92. The molecule has 2 atom stereocenters. The Morgan fingerprint density at radius 3 is 2.39 bits per heavy atom. The van der Waals surface area contributed by atoms with Crippen LogP contribution in [0.15, 0.2) is 72.9 Å². The van der Waals surface area contributed by atoms with Crippen molar-refractivity contribution >= 4 is 33.4 Å². The van der Waals surface area contributed by atoms with E-state index in [2.05, 4.69) is 17.1 Å². The first-order valence-corrected chi connectivity index (χ1v) is 10.7. The standard InChI is InChI=1S/C27H27NO3/c1-17(2)25(29)14-18(3)26(22-10-8-19-6-4-5-7-21(19)15-22)31-27(30)23-11-9-20-12-13-28-24(20)16-23/h4-13,15-18,26,28H,14H2,1-3H3. The maximum Gasteiger partial charge on any atom is 0.338 e. The molecule has 31 heavy (non-hydrogen) atoms. The van der Waals surface area contributed by atoms with Gasteiger partial charge in [0.1, 0.15) is 11.9 Å². The Morgan fingerprint density at radius 2 is 1.61 bits per heavy atom. The molecule has 1 heterocycles. The Morgan fingerprint density at radius 1 is 0.871 bits per heavy atom.